The van der Waals surface area contributed by atoms with Crippen molar-refractivity contribution in [3.05, 3.63) is 35.9 Å². The van der Waals surface area contributed by atoms with Crippen LogP contribution in [0.4, 0.5) is 5.82 Å². The van der Waals surface area contributed by atoms with Crippen molar-refractivity contribution in [2.75, 3.05) is 12.4 Å². The molecule has 110 valence electrons. The summed E-state index contributed by atoms with van der Waals surface area (Å²) in [6.45, 7) is 2.19. The van der Waals surface area contributed by atoms with E-state index in [2.05, 4.69) is 22.5 Å². The van der Waals surface area contributed by atoms with Gasteiger partial charge in [-0.3, -0.25) is 4.79 Å². The first-order valence-corrected chi connectivity index (χ1v) is 7.61. The highest BCUT2D eigenvalue weighted by molar-refractivity contribution is 6.07. The summed E-state index contributed by atoms with van der Waals surface area (Å²) in [5, 5.41) is 7.08. The first kappa shape index (κ1) is 13.9. The van der Waals surface area contributed by atoms with Crippen LogP contribution in [0.5, 0.6) is 0 Å². The quantitative estimate of drug-likeness (QED) is 0.886. The Kier molecular flexibility index (Phi) is 3.78. The van der Waals surface area contributed by atoms with Crippen molar-refractivity contribution in [3.8, 4) is 0 Å². The van der Waals surface area contributed by atoms with Gasteiger partial charge in [0.15, 0.2) is 0 Å². The SMILES string of the molecule is CCCC1CC1NC(=O)c1cc(NC)nc2ccccc12. The van der Waals surface area contributed by atoms with Gasteiger partial charge >= 0.3 is 0 Å². The summed E-state index contributed by atoms with van der Waals surface area (Å²) in [6.07, 6.45) is 3.49. The van der Waals surface area contributed by atoms with Crippen LogP contribution < -0.4 is 10.6 Å². The Balaban J connectivity index is 1.87. The Morgan fingerprint density at radius 1 is 1.38 bits per heavy atom. The van der Waals surface area contributed by atoms with Crippen molar-refractivity contribution in [1.82, 2.24) is 10.3 Å². The van der Waals surface area contributed by atoms with Gasteiger partial charge in [-0.15, -0.1) is 0 Å². The molecule has 4 nitrogen and oxygen atoms in total. The Bertz CT molecular complexity index is 668. The number of hydrogen-bond donors (Lipinski definition) is 2. The Hall–Kier alpha value is -2.10. The minimum absolute atomic E-state index is 0.00806. The molecule has 2 unspecified atom stereocenters. The molecule has 1 aromatic carbocycles. The number of aromatic nitrogens is 1. The summed E-state index contributed by atoms with van der Waals surface area (Å²) >= 11 is 0. The fourth-order valence-corrected chi connectivity index (χ4v) is 2.85. The van der Waals surface area contributed by atoms with Crippen LogP contribution in [-0.2, 0) is 0 Å². The Morgan fingerprint density at radius 3 is 2.95 bits per heavy atom. The topological polar surface area (TPSA) is 54.0 Å². The molecule has 3 rings (SSSR count). The lowest BCUT2D eigenvalue weighted by molar-refractivity contribution is 0.0950. The number of para-hydroxylation sites is 1. The number of carbonyl (C=O) groups excluding carboxylic acids is 1. The number of fused-ring (bicyclic) bond motifs is 1. The summed E-state index contributed by atoms with van der Waals surface area (Å²) in [4.78, 5) is 17.0. The van der Waals surface area contributed by atoms with Gasteiger partial charge in [-0.1, -0.05) is 31.5 Å². The molecular formula is C17H21N3O. The van der Waals surface area contributed by atoms with E-state index in [-0.39, 0.29) is 5.91 Å². The van der Waals surface area contributed by atoms with Crippen molar-refractivity contribution < 1.29 is 4.79 Å². The third kappa shape index (κ3) is 2.84. The van der Waals surface area contributed by atoms with E-state index in [9.17, 15) is 4.79 Å². The van der Waals surface area contributed by atoms with Gasteiger partial charge in [0, 0.05) is 18.5 Å². The van der Waals surface area contributed by atoms with E-state index in [0.29, 0.717) is 17.5 Å². The average Bonchev–Trinajstić information content (AvgIpc) is 3.24. The van der Waals surface area contributed by atoms with Crippen molar-refractivity contribution in [2.45, 2.75) is 32.2 Å². The molecule has 1 amide bonds. The normalized spacial score (nSPS) is 20.3. The highest BCUT2D eigenvalue weighted by Gasteiger charge is 2.37. The van der Waals surface area contributed by atoms with Gasteiger partial charge in [0.2, 0.25) is 0 Å². The molecule has 2 atom stereocenters. The van der Waals surface area contributed by atoms with E-state index >= 15 is 0 Å². The molecule has 0 radical (unpaired) electrons. The van der Waals surface area contributed by atoms with E-state index in [1.807, 2.05) is 37.4 Å². The molecule has 0 bridgehead atoms. The van der Waals surface area contributed by atoms with Crippen LogP contribution in [0.2, 0.25) is 0 Å². The van der Waals surface area contributed by atoms with Gasteiger partial charge in [0.05, 0.1) is 11.1 Å². The molecule has 1 aliphatic carbocycles. The van der Waals surface area contributed by atoms with Crippen LogP contribution in [0.25, 0.3) is 10.9 Å². The molecule has 4 heteroatoms. The van der Waals surface area contributed by atoms with Crippen molar-refractivity contribution in [3.63, 3.8) is 0 Å². The van der Waals surface area contributed by atoms with Crippen LogP contribution in [-0.4, -0.2) is 24.0 Å². The molecule has 2 N–H and O–H groups in total. The summed E-state index contributed by atoms with van der Waals surface area (Å²) in [6, 6.07) is 9.94. The number of anilines is 1. The molecule has 1 fully saturated rings. The number of carbonyl (C=O) groups is 1. The average molecular weight is 283 g/mol. The van der Waals surface area contributed by atoms with Gasteiger partial charge in [0.25, 0.3) is 5.91 Å². The van der Waals surface area contributed by atoms with Crippen molar-refractivity contribution >= 4 is 22.6 Å². The molecule has 0 saturated heterocycles. The zero-order valence-electron chi connectivity index (χ0n) is 12.5. The number of hydrogen-bond acceptors (Lipinski definition) is 3. The minimum Gasteiger partial charge on any atom is -0.373 e. The molecule has 1 aromatic heterocycles. The monoisotopic (exact) mass is 283 g/mol. The van der Waals surface area contributed by atoms with E-state index in [0.717, 1.165) is 23.1 Å². The second kappa shape index (κ2) is 5.72. The zero-order valence-corrected chi connectivity index (χ0v) is 12.5. The molecule has 1 heterocycles. The summed E-state index contributed by atoms with van der Waals surface area (Å²) in [7, 11) is 1.82. The number of pyridine rings is 1. The highest BCUT2D eigenvalue weighted by atomic mass is 16.1. The fraction of sp³-hybridized carbons (Fsp3) is 0.412. The summed E-state index contributed by atoms with van der Waals surface area (Å²) in [5.74, 6) is 1.39. The van der Waals surface area contributed by atoms with Crippen LogP contribution in [0.15, 0.2) is 30.3 Å². The molecule has 0 aliphatic heterocycles. The number of nitrogens with one attached hydrogen (secondary N) is 2. The van der Waals surface area contributed by atoms with Crippen molar-refractivity contribution in [1.29, 1.82) is 0 Å². The maximum absolute atomic E-state index is 12.6. The number of amides is 1. The predicted molar refractivity (Wildman–Crippen MR) is 85.6 cm³/mol. The fourth-order valence-electron chi connectivity index (χ4n) is 2.85. The first-order valence-electron chi connectivity index (χ1n) is 7.61. The lowest BCUT2D eigenvalue weighted by atomic mass is 10.1. The summed E-state index contributed by atoms with van der Waals surface area (Å²) in [5.41, 5.74) is 1.54. The van der Waals surface area contributed by atoms with Gasteiger partial charge < -0.3 is 10.6 Å². The third-order valence-corrected chi connectivity index (χ3v) is 4.12. The van der Waals surface area contributed by atoms with Crippen LogP contribution in [0, 0.1) is 5.92 Å². The highest BCUT2D eigenvalue weighted by Crippen LogP contribution is 2.35. The first-order chi connectivity index (χ1) is 10.2. The van der Waals surface area contributed by atoms with Crippen LogP contribution in [0.1, 0.15) is 36.5 Å². The van der Waals surface area contributed by atoms with E-state index in [1.165, 1.54) is 12.8 Å². The maximum atomic E-state index is 12.6. The lowest BCUT2D eigenvalue weighted by Crippen LogP contribution is -2.27. The second-order valence-corrected chi connectivity index (χ2v) is 5.69. The van der Waals surface area contributed by atoms with Crippen LogP contribution >= 0.6 is 0 Å². The summed E-state index contributed by atoms with van der Waals surface area (Å²) < 4.78 is 0. The van der Waals surface area contributed by atoms with E-state index in [1.54, 1.807) is 0 Å². The smallest absolute Gasteiger partial charge is 0.252 e. The minimum atomic E-state index is 0.00806. The van der Waals surface area contributed by atoms with Crippen LogP contribution in [0.3, 0.4) is 0 Å². The lowest BCUT2D eigenvalue weighted by Gasteiger charge is -2.10. The molecule has 21 heavy (non-hydrogen) atoms. The molecule has 2 aromatic rings. The number of nitrogens with zero attached hydrogens (tertiary/aromatic N) is 1. The maximum Gasteiger partial charge on any atom is 0.252 e. The molecule has 1 aliphatic rings. The van der Waals surface area contributed by atoms with Gasteiger partial charge in [0.1, 0.15) is 5.82 Å². The Morgan fingerprint density at radius 2 is 2.19 bits per heavy atom. The van der Waals surface area contributed by atoms with E-state index < -0.39 is 0 Å². The number of rotatable bonds is 5. The zero-order chi connectivity index (χ0) is 14.8. The largest absolute Gasteiger partial charge is 0.373 e. The van der Waals surface area contributed by atoms with Gasteiger partial charge in [-0.2, -0.15) is 0 Å². The number of benzene rings is 1. The third-order valence-electron chi connectivity index (χ3n) is 4.12. The second-order valence-electron chi connectivity index (χ2n) is 5.69. The molecule has 0 spiro atoms. The Labute approximate surface area is 125 Å². The van der Waals surface area contributed by atoms with Crippen molar-refractivity contribution in [2.24, 2.45) is 5.92 Å². The van der Waals surface area contributed by atoms with E-state index in [4.69, 9.17) is 0 Å². The van der Waals surface area contributed by atoms with Gasteiger partial charge in [-0.05, 0) is 30.9 Å². The van der Waals surface area contributed by atoms with Gasteiger partial charge in [-0.25, -0.2) is 4.98 Å². The predicted octanol–water partition coefficient (Wildman–Crippen LogP) is 3.19. The standard InChI is InChI=1S/C17H21N3O/c1-3-6-11-9-15(11)20-17(21)13-10-16(18-2)19-14-8-5-4-7-12(13)14/h4-5,7-8,10-11,15H,3,6,9H2,1-2H3,(H,18,19)(H,20,21). The molecule has 1 saturated carbocycles. The molecular weight excluding hydrogens is 262 g/mol.